The van der Waals surface area contributed by atoms with Crippen LogP contribution < -0.4 is 5.32 Å². The van der Waals surface area contributed by atoms with Crippen molar-refractivity contribution in [3.63, 3.8) is 0 Å². The highest BCUT2D eigenvalue weighted by molar-refractivity contribution is 7.09. The van der Waals surface area contributed by atoms with Crippen LogP contribution in [0, 0.1) is 6.92 Å². The molecule has 0 spiro atoms. The predicted molar refractivity (Wildman–Crippen MR) is 89.2 cm³/mol. The van der Waals surface area contributed by atoms with Gasteiger partial charge in [0.2, 0.25) is 0 Å². The Bertz CT molecular complexity index is 503. The lowest BCUT2D eigenvalue weighted by molar-refractivity contribution is -0.0158. The summed E-state index contributed by atoms with van der Waals surface area (Å²) in [5.41, 5.74) is 1.00. The number of morpholine rings is 1. The third-order valence-corrected chi connectivity index (χ3v) is 4.74. The maximum atomic E-state index is 12.3. The van der Waals surface area contributed by atoms with Gasteiger partial charge in [-0.3, -0.25) is 0 Å². The Hall–Kier alpha value is -1.40. The van der Waals surface area contributed by atoms with Gasteiger partial charge in [-0.25, -0.2) is 9.78 Å². The van der Waals surface area contributed by atoms with Crippen LogP contribution in [0.1, 0.15) is 43.0 Å². The van der Waals surface area contributed by atoms with Gasteiger partial charge in [-0.1, -0.05) is 6.08 Å². The second-order valence-electron chi connectivity index (χ2n) is 5.70. The molecule has 1 aromatic rings. The van der Waals surface area contributed by atoms with Gasteiger partial charge in [0.15, 0.2) is 0 Å². The zero-order valence-electron chi connectivity index (χ0n) is 13.4. The summed E-state index contributed by atoms with van der Waals surface area (Å²) in [4.78, 5) is 18.6. The maximum Gasteiger partial charge on any atom is 0.317 e. The molecule has 6 heteroatoms. The quantitative estimate of drug-likeness (QED) is 0.646. The molecule has 2 heterocycles. The van der Waals surface area contributed by atoms with E-state index in [1.54, 1.807) is 11.3 Å². The number of hydrogen-bond acceptors (Lipinski definition) is 4. The molecule has 22 heavy (non-hydrogen) atoms. The second kappa shape index (κ2) is 8.29. The Morgan fingerprint density at radius 1 is 1.73 bits per heavy atom. The van der Waals surface area contributed by atoms with E-state index < -0.39 is 0 Å². The summed E-state index contributed by atoms with van der Waals surface area (Å²) >= 11 is 1.59. The molecule has 1 fully saturated rings. The molecule has 0 radical (unpaired) electrons. The van der Waals surface area contributed by atoms with Crippen molar-refractivity contribution in [1.29, 1.82) is 0 Å². The molecule has 1 aliphatic heterocycles. The molecule has 0 bridgehead atoms. The van der Waals surface area contributed by atoms with Gasteiger partial charge in [-0.2, -0.15) is 0 Å². The summed E-state index contributed by atoms with van der Waals surface area (Å²) in [7, 11) is 0. The third-order valence-electron chi connectivity index (χ3n) is 3.68. The Kier molecular flexibility index (Phi) is 6.39. The summed E-state index contributed by atoms with van der Waals surface area (Å²) in [6.45, 7) is 9.49. The Morgan fingerprint density at radius 3 is 3.23 bits per heavy atom. The van der Waals surface area contributed by atoms with E-state index in [2.05, 4.69) is 16.9 Å². The van der Waals surface area contributed by atoms with Gasteiger partial charge in [0.05, 0.1) is 13.2 Å². The van der Waals surface area contributed by atoms with Gasteiger partial charge in [0, 0.05) is 23.7 Å². The normalized spacial score (nSPS) is 19.7. The van der Waals surface area contributed by atoms with Crippen molar-refractivity contribution in [1.82, 2.24) is 15.2 Å². The number of nitrogens with zero attached hydrogens (tertiary/aromatic N) is 2. The fourth-order valence-electron chi connectivity index (χ4n) is 2.45. The van der Waals surface area contributed by atoms with Crippen molar-refractivity contribution < 1.29 is 9.53 Å². The number of nitrogens with one attached hydrogen (secondary N) is 1. The summed E-state index contributed by atoms with van der Waals surface area (Å²) in [5, 5.41) is 6.03. The van der Waals surface area contributed by atoms with E-state index in [1.165, 1.54) is 0 Å². The first-order valence-electron chi connectivity index (χ1n) is 7.80. The molecule has 2 atom stereocenters. The number of unbranched alkanes of at least 4 members (excludes halogenated alkanes) is 1. The average Bonchev–Trinajstić information content (AvgIpc) is 2.94. The van der Waals surface area contributed by atoms with Crippen molar-refractivity contribution in [3.8, 4) is 0 Å². The summed E-state index contributed by atoms with van der Waals surface area (Å²) in [6.07, 6.45) is 4.82. The summed E-state index contributed by atoms with van der Waals surface area (Å²) < 4.78 is 5.76. The molecule has 2 unspecified atom stereocenters. The van der Waals surface area contributed by atoms with Crippen molar-refractivity contribution in [2.45, 2.75) is 45.3 Å². The fraction of sp³-hybridized carbons (Fsp3) is 0.625. The first-order chi connectivity index (χ1) is 10.6. The van der Waals surface area contributed by atoms with Crippen LogP contribution in [-0.2, 0) is 4.74 Å². The van der Waals surface area contributed by atoms with Crippen molar-refractivity contribution in [2.24, 2.45) is 0 Å². The van der Waals surface area contributed by atoms with E-state index in [1.807, 2.05) is 30.2 Å². The minimum atomic E-state index is -0.103. The first-order valence-corrected chi connectivity index (χ1v) is 8.68. The molecule has 1 saturated heterocycles. The fourth-order valence-corrected chi connectivity index (χ4v) is 3.28. The van der Waals surface area contributed by atoms with Crippen LogP contribution in [0.2, 0.25) is 0 Å². The number of thiazole rings is 1. The number of ether oxygens (including phenoxy) is 1. The topological polar surface area (TPSA) is 54.5 Å². The highest BCUT2D eigenvalue weighted by Crippen LogP contribution is 2.25. The standard InChI is InChI=1S/C16H25N3O2S/c1-4-5-6-7-12(2)18-16(20)19-8-9-21-14(10-19)15-17-13(3)11-22-15/h4,11-12,14H,1,5-10H2,2-3H3,(H,18,20). The highest BCUT2D eigenvalue weighted by atomic mass is 32.1. The third kappa shape index (κ3) is 4.81. The van der Waals surface area contributed by atoms with Gasteiger partial charge in [-0.05, 0) is 33.1 Å². The largest absolute Gasteiger partial charge is 0.367 e. The molecule has 1 aromatic heterocycles. The van der Waals surface area contributed by atoms with Crippen LogP contribution in [0.4, 0.5) is 4.79 Å². The van der Waals surface area contributed by atoms with E-state index in [4.69, 9.17) is 4.74 Å². The second-order valence-corrected chi connectivity index (χ2v) is 6.59. The lowest BCUT2D eigenvalue weighted by Crippen LogP contribution is -2.49. The SMILES string of the molecule is C=CCCCC(C)NC(=O)N1CCOC(c2nc(C)cs2)C1. The van der Waals surface area contributed by atoms with Crippen LogP contribution in [0.3, 0.4) is 0 Å². The van der Waals surface area contributed by atoms with E-state index in [0.717, 1.165) is 30.0 Å². The molecule has 0 saturated carbocycles. The number of hydrogen-bond donors (Lipinski definition) is 1. The molecule has 2 amide bonds. The maximum absolute atomic E-state index is 12.3. The number of allylic oxidation sites excluding steroid dienone is 1. The summed E-state index contributed by atoms with van der Waals surface area (Å²) in [6, 6.07) is 0.170. The number of amides is 2. The first kappa shape index (κ1) is 17.0. The number of urea groups is 1. The van der Waals surface area contributed by atoms with Gasteiger partial charge in [-0.15, -0.1) is 17.9 Å². The number of aryl methyl sites for hydroxylation is 1. The monoisotopic (exact) mass is 323 g/mol. The number of rotatable bonds is 6. The summed E-state index contributed by atoms with van der Waals surface area (Å²) in [5.74, 6) is 0. The van der Waals surface area contributed by atoms with Gasteiger partial charge in [0.25, 0.3) is 0 Å². The lowest BCUT2D eigenvalue weighted by atomic mass is 10.1. The molecule has 5 nitrogen and oxygen atoms in total. The van der Waals surface area contributed by atoms with Crippen LogP contribution >= 0.6 is 11.3 Å². The molecule has 1 N–H and O–H groups in total. The van der Waals surface area contributed by atoms with Crippen molar-refractivity contribution in [3.05, 3.63) is 28.7 Å². The Morgan fingerprint density at radius 2 is 2.55 bits per heavy atom. The van der Waals surface area contributed by atoms with E-state index in [9.17, 15) is 4.79 Å². The van der Waals surface area contributed by atoms with Crippen LogP contribution in [0.15, 0.2) is 18.0 Å². The van der Waals surface area contributed by atoms with E-state index >= 15 is 0 Å². The Labute approximate surface area is 136 Å². The Balaban J connectivity index is 1.83. The predicted octanol–water partition coefficient (Wildman–Crippen LogP) is 3.28. The van der Waals surface area contributed by atoms with E-state index in [-0.39, 0.29) is 18.2 Å². The van der Waals surface area contributed by atoms with Crippen LogP contribution in [0.25, 0.3) is 0 Å². The highest BCUT2D eigenvalue weighted by Gasteiger charge is 2.27. The van der Waals surface area contributed by atoms with Crippen molar-refractivity contribution >= 4 is 17.4 Å². The van der Waals surface area contributed by atoms with Crippen molar-refractivity contribution in [2.75, 3.05) is 19.7 Å². The van der Waals surface area contributed by atoms with E-state index in [0.29, 0.717) is 19.7 Å². The minimum Gasteiger partial charge on any atom is -0.367 e. The molecule has 1 aliphatic rings. The number of carbonyl (C=O) groups excluding carboxylic acids is 1. The number of carbonyl (C=O) groups is 1. The van der Waals surface area contributed by atoms with Crippen LogP contribution in [0.5, 0.6) is 0 Å². The van der Waals surface area contributed by atoms with Crippen LogP contribution in [-0.4, -0.2) is 41.7 Å². The van der Waals surface area contributed by atoms with Gasteiger partial charge in [0.1, 0.15) is 11.1 Å². The molecular weight excluding hydrogens is 298 g/mol. The minimum absolute atomic E-state index is 0.00678. The molecule has 0 aliphatic carbocycles. The average molecular weight is 323 g/mol. The lowest BCUT2D eigenvalue weighted by Gasteiger charge is -2.32. The molecule has 2 rings (SSSR count). The van der Waals surface area contributed by atoms with Gasteiger partial charge >= 0.3 is 6.03 Å². The molecular formula is C16H25N3O2S. The van der Waals surface area contributed by atoms with Gasteiger partial charge < -0.3 is 15.0 Å². The smallest absolute Gasteiger partial charge is 0.317 e. The molecule has 122 valence electrons. The number of aromatic nitrogens is 1. The zero-order valence-corrected chi connectivity index (χ0v) is 14.2. The molecule has 0 aromatic carbocycles. The zero-order chi connectivity index (χ0) is 15.9.